The van der Waals surface area contributed by atoms with Gasteiger partial charge in [-0.2, -0.15) is 0 Å². The Kier molecular flexibility index (Phi) is 5.82. The zero-order valence-corrected chi connectivity index (χ0v) is 19.1. The van der Waals surface area contributed by atoms with Gasteiger partial charge in [-0.05, 0) is 60.9 Å². The van der Waals surface area contributed by atoms with Crippen LogP contribution in [-0.2, 0) is 0 Å². The van der Waals surface area contributed by atoms with Crippen LogP contribution in [0.2, 0.25) is 0 Å². The van der Waals surface area contributed by atoms with Crippen LogP contribution in [0.1, 0.15) is 28.8 Å². The molecule has 0 aromatic heterocycles. The molecule has 2 atom stereocenters. The van der Waals surface area contributed by atoms with E-state index in [1.807, 2.05) is 53.5 Å². The van der Waals surface area contributed by atoms with Gasteiger partial charge in [-0.3, -0.25) is 15.2 Å². The van der Waals surface area contributed by atoms with E-state index in [0.717, 1.165) is 52.3 Å². The number of hydrogen-bond acceptors (Lipinski definition) is 4. The molecule has 2 heterocycles. The number of halogens is 2. The highest BCUT2D eigenvalue weighted by Gasteiger charge is 2.31. The fourth-order valence-electron chi connectivity index (χ4n) is 4.11. The molecule has 1 saturated heterocycles. The van der Waals surface area contributed by atoms with Gasteiger partial charge in [-0.1, -0.05) is 34.1 Å². The molecule has 3 aliphatic rings. The number of thioether (sulfide) groups is 1. The van der Waals surface area contributed by atoms with Crippen molar-refractivity contribution in [3.8, 4) is 0 Å². The maximum absolute atomic E-state index is 14.1. The normalized spacial score (nSPS) is 22.8. The predicted octanol–water partition coefficient (Wildman–Crippen LogP) is 5.82. The number of nitrogens with zero attached hydrogens (tertiary/aromatic N) is 2. The quantitative estimate of drug-likeness (QED) is 0.580. The molecule has 1 aliphatic carbocycles. The van der Waals surface area contributed by atoms with Crippen LogP contribution in [0.25, 0.3) is 0 Å². The van der Waals surface area contributed by atoms with E-state index in [2.05, 4.69) is 21.4 Å². The lowest BCUT2D eigenvalue weighted by molar-refractivity contribution is 0.0826. The number of aliphatic imine (C=N–C) groups is 1. The van der Waals surface area contributed by atoms with Gasteiger partial charge >= 0.3 is 0 Å². The summed E-state index contributed by atoms with van der Waals surface area (Å²) >= 11 is 5.13. The number of fused-ring (bicyclic) bond motifs is 2. The second-order valence-corrected chi connectivity index (χ2v) is 9.98. The van der Waals surface area contributed by atoms with E-state index in [0.29, 0.717) is 5.56 Å². The molecule has 31 heavy (non-hydrogen) atoms. The van der Waals surface area contributed by atoms with Crippen LogP contribution < -0.4 is 5.43 Å². The Bertz CT molecular complexity index is 1120. The molecule has 2 aliphatic heterocycles. The number of hydrazine groups is 1. The molecule has 1 fully saturated rings. The van der Waals surface area contributed by atoms with Crippen molar-refractivity contribution >= 4 is 45.0 Å². The maximum Gasteiger partial charge on any atom is 0.265 e. The topological polar surface area (TPSA) is 44.7 Å². The highest BCUT2D eigenvalue weighted by molar-refractivity contribution is 9.10. The summed E-state index contributed by atoms with van der Waals surface area (Å²) in [5.41, 5.74) is 6.15. The minimum atomic E-state index is -0.229. The van der Waals surface area contributed by atoms with E-state index >= 15 is 0 Å². The number of amides is 1. The van der Waals surface area contributed by atoms with Crippen LogP contribution in [0.5, 0.6) is 0 Å². The van der Waals surface area contributed by atoms with Crippen LogP contribution >= 0.6 is 27.7 Å². The van der Waals surface area contributed by atoms with Gasteiger partial charge < -0.3 is 0 Å². The number of carbonyl (C=O) groups is 1. The van der Waals surface area contributed by atoms with Crippen molar-refractivity contribution in [2.75, 3.05) is 13.1 Å². The van der Waals surface area contributed by atoms with Crippen LogP contribution in [-0.4, -0.2) is 35.0 Å². The molecule has 0 saturated carbocycles. The molecule has 0 radical (unpaired) electrons. The Labute approximate surface area is 193 Å². The van der Waals surface area contributed by atoms with E-state index < -0.39 is 0 Å². The summed E-state index contributed by atoms with van der Waals surface area (Å²) in [6.45, 7) is 1.76. The van der Waals surface area contributed by atoms with Gasteiger partial charge in [0.2, 0.25) is 0 Å². The van der Waals surface area contributed by atoms with Crippen molar-refractivity contribution in [1.82, 2.24) is 10.4 Å². The Balaban J connectivity index is 1.55. The lowest BCUT2D eigenvalue weighted by Crippen LogP contribution is -2.39. The Morgan fingerprint density at radius 3 is 2.84 bits per heavy atom. The average Bonchev–Trinajstić information content (AvgIpc) is 3.20. The minimum absolute atomic E-state index is 0.0620. The van der Waals surface area contributed by atoms with Crippen molar-refractivity contribution in [1.29, 1.82) is 0 Å². The summed E-state index contributed by atoms with van der Waals surface area (Å²) < 4.78 is 15.0. The van der Waals surface area contributed by atoms with E-state index in [-0.39, 0.29) is 22.9 Å². The van der Waals surface area contributed by atoms with Crippen LogP contribution in [0, 0.1) is 5.92 Å². The summed E-state index contributed by atoms with van der Waals surface area (Å²) in [6, 6.07) is 13.6. The standard InChI is InChI=1S/C24H21BrFN3OS/c25-17-5-3-4-15(12-17)23-19-8-7-18(26)14-22(19)31-21-9-6-16(13-20(21)27-23)24(30)28-29-10-1-2-11-29/h3-9,12-14,19,22H,1-2,10-11H2,(H,28,30). The molecular weight excluding hydrogens is 477 g/mol. The largest absolute Gasteiger partial charge is 0.285 e. The number of allylic oxidation sites excluding steroid dienone is 3. The molecule has 4 nitrogen and oxygen atoms in total. The summed E-state index contributed by atoms with van der Waals surface area (Å²) in [4.78, 5) is 18.7. The third-order valence-electron chi connectivity index (χ3n) is 5.67. The molecule has 2 aromatic carbocycles. The van der Waals surface area contributed by atoms with Crippen LogP contribution in [0.3, 0.4) is 0 Å². The molecule has 7 heteroatoms. The lowest BCUT2D eigenvalue weighted by atomic mass is 9.90. The van der Waals surface area contributed by atoms with Crippen molar-refractivity contribution in [2.24, 2.45) is 10.9 Å². The molecule has 2 aromatic rings. The van der Waals surface area contributed by atoms with Crippen molar-refractivity contribution < 1.29 is 9.18 Å². The second-order valence-electron chi connectivity index (χ2n) is 7.84. The number of rotatable bonds is 3. The van der Waals surface area contributed by atoms with Crippen molar-refractivity contribution in [3.05, 3.63) is 82.1 Å². The highest BCUT2D eigenvalue weighted by atomic mass is 79.9. The van der Waals surface area contributed by atoms with Gasteiger partial charge in [0.1, 0.15) is 5.83 Å². The number of hydrogen-bond donors (Lipinski definition) is 1. The van der Waals surface area contributed by atoms with E-state index in [1.165, 1.54) is 6.08 Å². The van der Waals surface area contributed by atoms with E-state index in [1.54, 1.807) is 17.8 Å². The first-order valence-corrected chi connectivity index (χ1v) is 12.0. The smallest absolute Gasteiger partial charge is 0.265 e. The fraction of sp³-hybridized carbons (Fsp3) is 0.250. The minimum Gasteiger partial charge on any atom is -0.285 e. The third kappa shape index (κ3) is 4.40. The van der Waals surface area contributed by atoms with Gasteiger partial charge in [-0.25, -0.2) is 9.40 Å². The van der Waals surface area contributed by atoms with Gasteiger partial charge in [0.05, 0.1) is 11.4 Å². The Morgan fingerprint density at radius 2 is 2.03 bits per heavy atom. The number of nitrogens with one attached hydrogen (secondary N) is 1. The summed E-state index contributed by atoms with van der Waals surface area (Å²) in [5.74, 6) is -0.415. The zero-order valence-electron chi connectivity index (χ0n) is 16.7. The van der Waals surface area contributed by atoms with E-state index in [9.17, 15) is 9.18 Å². The Hall–Kier alpha value is -2.22. The van der Waals surface area contributed by atoms with E-state index in [4.69, 9.17) is 4.99 Å². The van der Waals surface area contributed by atoms with Gasteiger partial charge in [-0.15, -0.1) is 11.8 Å². The summed E-state index contributed by atoms with van der Waals surface area (Å²) in [7, 11) is 0. The van der Waals surface area contributed by atoms with Gasteiger partial charge in [0.25, 0.3) is 5.91 Å². The number of carbonyl (C=O) groups excluding carboxylic acids is 1. The van der Waals surface area contributed by atoms with Crippen LogP contribution in [0.15, 0.2) is 80.9 Å². The second kappa shape index (κ2) is 8.73. The first kappa shape index (κ1) is 20.7. The molecule has 5 rings (SSSR count). The molecular formula is C24H21BrFN3OS. The first-order chi connectivity index (χ1) is 15.1. The van der Waals surface area contributed by atoms with Crippen LogP contribution in [0.4, 0.5) is 10.1 Å². The molecule has 158 valence electrons. The third-order valence-corrected chi connectivity index (χ3v) is 7.46. The van der Waals surface area contributed by atoms with Gasteiger partial charge in [0, 0.05) is 39.2 Å². The molecule has 1 amide bonds. The highest BCUT2D eigenvalue weighted by Crippen LogP contribution is 2.43. The summed E-state index contributed by atoms with van der Waals surface area (Å²) in [5, 5.41) is 1.86. The lowest BCUT2D eigenvalue weighted by Gasteiger charge is -2.23. The summed E-state index contributed by atoms with van der Waals surface area (Å²) in [6.07, 6.45) is 7.26. The zero-order chi connectivity index (χ0) is 21.4. The Morgan fingerprint density at radius 1 is 1.19 bits per heavy atom. The fourth-order valence-corrected chi connectivity index (χ4v) is 5.74. The number of benzene rings is 2. The molecule has 2 unspecified atom stereocenters. The van der Waals surface area contributed by atoms with Crippen molar-refractivity contribution in [3.63, 3.8) is 0 Å². The molecule has 0 spiro atoms. The molecule has 0 bridgehead atoms. The van der Waals surface area contributed by atoms with Gasteiger partial charge in [0.15, 0.2) is 0 Å². The monoisotopic (exact) mass is 497 g/mol. The predicted molar refractivity (Wildman–Crippen MR) is 127 cm³/mol. The maximum atomic E-state index is 14.1. The SMILES string of the molecule is O=C(NN1CCCC1)c1ccc2c(c1)N=C(c1cccc(Br)c1)C1C=CC(F)=CC1S2. The van der Waals surface area contributed by atoms with Crippen molar-refractivity contribution in [2.45, 2.75) is 23.0 Å². The first-order valence-electron chi connectivity index (χ1n) is 10.3. The average molecular weight is 498 g/mol. The molecule has 1 N–H and O–H groups in total.